The summed E-state index contributed by atoms with van der Waals surface area (Å²) in [5, 5.41) is 0. The molecule has 0 spiro atoms. The second kappa shape index (κ2) is 4.19. The van der Waals surface area contributed by atoms with Gasteiger partial charge in [-0.15, -0.1) is 0 Å². The van der Waals surface area contributed by atoms with Gasteiger partial charge in [0.2, 0.25) is 0 Å². The molecule has 1 aromatic rings. The van der Waals surface area contributed by atoms with Crippen molar-refractivity contribution in [3.05, 3.63) is 34.3 Å². The van der Waals surface area contributed by atoms with Gasteiger partial charge in [0.05, 0.1) is 0 Å². The fraction of sp³-hybridized carbons (Fsp3) is 0.611. The predicted molar refractivity (Wildman–Crippen MR) is 83.7 cm³/mol. The summed E-state index contributed by atoms with van der Waals surface area (Å²) in [7, 11) is 0. The van der Waals surface area contributed by atoms with Crippen LogP contribution in [0.4, 0.5) is 0 Å². The van der Waals surface area contributed by atoms with Crippen LogP contribution in [0.1, 0.15) is 55.8 Å². The standard InChI is InChI=1S/C18H21BrO/c1-17-7-12-6-13(8-17)10-18(9-12,11-17)16(20)14-2-4-15(19)5-3-14/h2-5,12-13H,6-11H2,1H3. The van der Waals surface area contributed by atoms with E-state index in [1.54, 1.807) is 0 Å². The molecule has 4 saturated carbocycles. The topological polar surface area (TPSA) is 17.1 Å². The molecule has 1 nitrogen and oxygen atoms in total. The maximum Gasteiger partial charge on any atom is 0.169 e. The SMILES string of the molecule is CC12CC3CC(C1)CC(C(=O)c1ccc(Br)cc1)(C3)C2. The number of ketones is 1. The van der Waals surface area contributed by atoms with E-state index in [1.807, 2.05) is 24.3 Å². The summed E-state index contributed by atoms with van der Waals surface area (Å²) < 4.78 is 1.05. The molecule has 0 amide bonds. The van der Waals surface area contributed by atoms with Gasteiger partial charge in [-0.1, -0.05) is 35.0 Å². The Bertz CT molecular complexity index is 545. The molecule has 0 radical (unpaired) electrons. The summed E-state index contributed by atoms with van der Waals surface area (Å²) in [6, 6.07) is 7.98. The Hall–Kier alpha value is -0.630. The average molecular weight is 333 g/mol. The summed E-state index contributed by atoms with van der Waals surface area (Å²) >= 11 is 3.46. The highest BCUT2D eigenvalue weighted by molar-refractivity contribution is 9.10. The van der Waals surface area contributed by atoms with Gasteiger partial charge in [0, 0.05) is 15.5 Å². The smallest absolute Gasteiger partial charge is 0.169 e. The van der Waals surface area contributed by atoms with Gasteiger partial charge in [-0.3, -0.25) is 4.79 Å². The minimum absolute atomic E-state index is 0.0351. The van der Waals surface area contributed by atoms with Gasteiger partial charge in [0.15, 0.2) is 5.78 Å². The second-order valence-corrected chi connectivity index (χ2v) is 8.80. The number of Topliss-reactive ketones (excluding diaryl/α,β-unsaturated/α-hetero) is 1. The molecule has 5 rings (SSSR count). The van der Waals surface area contributed by atoms with E-state index in [4.69, 9.17) is 0 Å². The molecular weight excluding hydrogens is 312 g/mol. The largest absolute Gasteiger partial charge is 0.294 e. The van der Waals surface area contributed by atoms with Crippen LogP contribution in [0.25, 0.3) is 0 Å². The van der Waals surface area contributed by atoms with Crippen molar-refractivity contribution >= 4 is 21.7 Å². The number of carbonyl (C=O) groups is 1. The lowest BCUT2D eigenvalue weighted by molar-refractivity contribution is -0.0820. The number of hydrogen-bond acceptors (Lipinski definition) is 1. The Labute approximate surface area is 129 Å². The zero-order valence-corrected chi connectivity index (χ0v) is 13.6. The Balaban J connectivity index is 1.70. The minimum atomic E-state index is -0.0351. The zero-order chi connectivity index (χ0) is 14.0. The molecular formula is C18H21BrO. The highest BCUT2D eigenvalue weighted by atomic mass is 79.9. The maximum absolute atomic E-state index is 13.1. The molecule has 0 heterocycles. The van der Waals surface area contributed by atoms with Crippen LogP contribution in [0.15, 0.2) is 28.7 Å². The third-order valence-corrected chi connectivity index (χ3v) is 6.47. The fourth-order valence-corrected chi connectivity index (χ4v) is 6.16. The van der Waals surface area contributed by atoms with Gasteiger partial charge < -0.3 is 0 Å². The van der Waals surface area contributed by atoms with Gasteiger partial charge in [-0.05, 0) is 67.9 Å². The lowest BCUT2D eigenvalue weighted by atomic mass is 9.43. The summed E-state index contributed by atoms with van der Waals surface area (Å²) in [5.41, 5.74) is 1.32. The van der Waals surface area contributed by atoms with Crippen molar-refractivity contribution in [2.45, 2.75) is 45.4 Å². The molecule has 0 aliphatic heterocycles. The van der Waals surface area contributed by atoms with E-state index in [0.29, 0.717) is 11.2 Å². The first-order chi connectivity index (χ1) is 9.48. The zero-order valence-electron chi connectivity index (χ0n) is 12.0. The van der Waals surface area contributed by atoms with Crippen molar-refractivity contribution in [1.82, 2.24) is 0 Å². The van der Waals surface area contributed by atoms with E-state index in [-0.39, 0.29) is 5.41 Å². The van der Waals surface area contributed by atoms with Crippen molar-refractivity contribution in [2.75, 3.05) is 0 Å². The van der Waals surface area contributed by atoms with Crippen molar-refractivity contribution in [3.63, 3.8) is 0 Å². The molecule has 4 aliphatic carbocycles. The number of carbonyl (C=O) groups excluding carboxylic acids is 1. The van der Waals surface area contributed by atoms with Crippen molar-refractivity contribution in [2.24, 2.45) is 22.7 Å². The normalized spacial score (nSPS) is 41.9. The highest BCUT2D eigenvalue weighted by Gasteiger charge is 2.58. The van der Waals surface area contributed by atoms with Gasteiger partial charge in [-0.25, -0.2) is 0 Å². The maximum atomic E-state index is 13.1. The average Bonchev–Trinajstić information content (AvgIpc) is 2.36. The van der Waals surface area contributed by atoms with Crippen LogP contribution in [-0.2, 0) is 0 Å². The molecule has 0 N–H and O–H groups in total. The molecule has 1 aromatic carbocycles. The Morgan fingerprint density at radius 3 is 2.25 bits per heavy atom. The van der Waals surface area contributed by atoms with E-state index in [1.165, 1.54) is 19.3 Å². The lowest BCUT2D eigenvalue weighted by Gasteiger charge is -2.60. The molecule has 4 fully saturated rings. The van der Waals surface area contributed by atoms with Crippen molar-refractivity contribution < 1.29 is 4.79 Å². The molecule has 4 aliphatic rings. The minimum Gasteiger partial charge on any atom is -0.294 e. The van der Waals surface area contributed by atoms with Crippen LogP contribution in [0.5, 0.6) is 0 Å². The number of benzene rings is 1. The van der Waals surface area contributed by atoms with E-state index >= 15 is 0 Å². The first-order valence-corrected chi connectivity index (χ1v) is 8.58. The van der Waals surface area contributed by atoms with Gasteiger partial charge in [0.25, 0.3) is 0 Å². The van der Waals surface area contributed by atoms with Crippen LogP contribution in [-0.4, -0.2) is 5.78 Å². The summed E-state index contributed by atoms with van der Waals surface area (Å²) in [5.74, 6) is 2.03. The van der Waals surface area contributed by atoms with Crippen LogP contribution in [0, 0.1) is 22.7 Å². The number of halogens is 1. The number of rotatable bonds is 2. The van der Waals surface area contributed by atoms with Crippen molar-refractivity contribution in [1.29, 1.82) is 0 Å². The van der Waals surface area contributed by atoms with Crippen LogP contribution in [0.3, 0.4) is 0 Å². The van der Waals surface area contributed by atoms with Crippen molar-refractivity contribution in [3.8, 4) is 0 Å². The summed E-state index contributed by atoms with van der Waals surface area (Å²) in [4.78, 5) is 13.1. The molecule has 4 bridgehead atoms. The predicted octanol–water partition coefficient (Wildman–Crippen LogP) is 5.24. The quantitative estimate of drug-likeness (QED) is 0.677. The van der Waals surface area contributed by atoms with E-state index in [2.05, 4.69) is 22.9 Å². The van der Waals surface area contributed by atoms with E-state index in [0.717, 1.165) is 41.1 Å². The first kappa shape index (κ1) is 13.1. The highest BCUT2D eigenvalue weighted by Crippen LogP contribution is 2.65. The van der Waals surface area contributed by atoms with Gasteiger partial charge in [0.1, 0.15) is 0 Å². The lowest BCUT2D eigenvalue weighted by Crippen LogP contribution is -2.54. The van der Waals surface area contributed by atoms with Crippen LogP contribution in [0.2, 0.25) is 0 Å². The van der Waals surface area contributed by atoms with Crippen LogP contribution >= 0.6 is 15.9 Å². The Morgan fingerprint density at radius 1 is 1.10 bits per heavy atom. The van der Waals surface area contributed by atoms with E-state index in [9.17, 15) is 4.79 Å². The number of hydrogen-bond donors (Lipinski definition) is 0. The summed E-state index contributed by atoms with van der Waals surface area (Å²) in [6.07, 6.45) is 7.52. The molecule has 0 aromatic heterocycles. The first-order valence-electron chi connectivity index (χ1n) is 7.79. The van der Waals surface area contributed by atoms with Gasteiger partial charge >= 0.3 is 0 Å². The molecule has 2 atom stereocenters. The Morgan fingerprint density at radius 2 is 1.70 bits per heavy atom. The molecule has 2 heteroatoms. The molecule has 2 unspecified atom stereocenters. The third-order valence-electron chi connectivity index (χ3n) is 5.94. The Kier molecular flexibility index (Phi) is 2.74. The molecule has 0 saturated heterocycles. The fourth-order valence-electron chi connectivity index (χ4n) is 5.89. The molecule has 106 valence electrons. The molecule has 20 heavy (non-hydrogen) atoms. The monoisotopic (exact) mass is 332 g/mol. The van der Waals surface area contributed by atoms with Crippen LogP contribution < -0.4 is 0 Å². The summed E-state index contributed by atoms with van der Waals surface area (Å²) in [6.45, 7) is 2.42. The van der Waals surface area contributed by atoms with Gasteiger partial charge in [-0.2, -0.15) is 0 Å². The second-order valence-electron chi connectivity index (χ2n) is 7.89. The third kappa shape index (κ3) is 1.91. The van der Waals surface area contributed by atoms with E-state index < -0.39 is 0 Å².